The van der Waals surface area contributed by atoms with Crippen LogP contribution < -0.4 is 5.56 Å². The van der Waals surface area contributed by atoms with Gasteiger partial charge in [0.15, 0.2) is 0 Å². The van der Waals surface area contributed by atoms with Crippen LogP contribution in [0.15, 0.2) is 23.0 Å². The van der Waals surface area contributed by atoms with Crippen molar-refractivity contribution in [3.63, 3.8) is 0 Å². The number of alkyl halides is 9. The number of hydrogen-bond acceptors (Lipinski definition) is 1. The van der Waals surface area contributed by atoms with E-state index < -0.39 is 69.3 Å². The Hall–Kier alpha value is -2.66. The molecule has 3 nitrogen and oxygen atoms in total. The Kier molecular flexibility index (Phi) is 4.24. The lowest BCUT2D eigenvalue weighted by molar-refractivity contribution is -0.158. The van der Waals surface area contributed by atoms with E-state index in [9.17, 15) is 44.3 Å². The number of hydrogen-bond donors (Lipinski definition) is 1. The molecule has 0 aliphatic carbocycles. The Morgan fingerprint density at radius 3 is 2.04 bits per heavy atom. The minimum Gasteiger partial charge on any atom is -0.328 e. The van der Waals surface area contributed by atoms with Gasteiger partial charge in [-0.05, 0) is 24.6 Å². The van der Waals surface area contributed by atoms with E-state index in [1.165, 1.54) is 0 Å². The van der Waals surface area contributed by atoms with E-state index in [1.807, 2.05) is 0 Å². The summed E-state index contributed by atoms with van der Waals surface area (Å²) in [6, 6.07) is 1.83. The standard InChI is InChI=1S/C16H9F9N2O/c1-6-11-9(27(5-14(17,18)19)13(6)16(23,24)25)3-2-8-12(11)7(15(20,21)22)4-10(28)26-8/h2-4H,5H2,1H3,(H,26,28). The van der Waals surface area contributed by atoms with Crippen molar-refractivity contribution in [3.05, 3.63) is 45.4 Å². The van der Waals surface area contributed by atoms with Crippen LogP contribution in [-0.2, 0) is 18.9 Å². The Morgan fingerprint density at radius 1 is 0.929 bits per heavy atom. The summed E-state index contributed by atoms with van der Waals surface area (Å²) in [7, 11) is 0. The first-order chi connectivity index (χ1) is 12.6. The van der Waals surface area contributed by atoms with Gasteiger partial charge in [-0.25, -0.2) is 0 Å². The van der Waals surface area contributed by atoms with Crippen molar-refractivity contribution in [3.8, 4) is 0 Å². The summed E-state index contributed by atoms with van der Waals surface area (Å²) in [5.41, 5.74) is -6.29. The molecule has 1 aromatic carbocycles. The van der Waals surface area contributed by atoms with Gasteiger partial charge in [0.1, 0.15) is 12.2 Å². The summed E-state index contributed by atoms with van der Waals surface area (Å²) in [4.78, 5) is 13.6. The average Bonchev–Trinajstić information content (AvgIpc) is 2.75. The highest BCUT2D eigenvalue weighted by Crippen LogP contribution is 2.44. The number of aryl methyl sites for hydroxylation is 1. The Bertz CT molecular complexity index is 1130. The molecule has 0 aliphatic rings. The number of rotatable bonds is 1. The van der Waals surface area contributed by atoms with Crippen LogP contribution in [-0.4, -0.2) is 15.7 Å². The van der Waals surface area contributed by atoms with Gasteiger partial charge < -0.3 is 9.55 Å². The number of aromatic amines is 1. The fraction of sp³-hybridized carbons (Fsp3) is 0.312. The molecule has 2 aromatic heterocycles. The lowest BCUT2D eigenvalue weighted by atomic mass is 10.0. The molecule has 152 valence electrons. The predicted octanol–water partition coefficient (Wildman–Crippen LogP) is 5.39. The van der Waals surface area contributed by atoms with Crippen molar-refractivity contribution in [1.82, 2.24) is 9.55 Å². The zero-order valence-corrected chi connectivity index (χ0v) is 13.7. The zero-order chi connectivity index (χ0) is 21.2. The molecule has 0 bridgehead atoms. The zero-order valence-electron chi connectivity index (χ0n) is 13.7. The van der Waals surface area contributed by atoms with Crippen LogP contribution in [0.5, 0.6) is 0 Å². The minimum atomic E-state index is -5.25. The van der Waals surface area contributed by atoms with Crippen LogP contribution in [0.1, 0.15) is 16.8 Å². The second-order valence-electron chi connectivity index (χ2n) is 6.10. The van der Waals surface area contributed by atoms with Gasteiger partial charge in [0.25, 0.3) is 0 Å². The SMILES string of the molecule is Cc1c(C(F)(F)F)n(CC(F)(F)F)c2ccc3[nH]c(=O)cc(C(F)(F)F)c3c12. The van der Waals surface area contributed by atoms with Crippen LogP contribution in [0.3, 0.4) is 0 Å². The molecule has 3 aromatic rings. The first-order valence-corrected chi connectivity index (χ1v) is 7.51. The second-order valence-corrected chi connectivity index (χ2v) is 6.10. The number of nitrogens with zero attached hydrogens (tertiary/aromatic N) is 1. The largest absolute Gasteiger partial charge is 0.431 e. The quantitative estimate of drug-likeness (QED) is 0.531. The van der Waals surface area contributed by atoms with Gasteiger partial charge in [0.2, 0.25) is 5.56 Å². The predicted molar refractivity (Wildman–Crippen MR) is 80.9 cm³/mol. The maximum atomic E-state index is 13.5. The smallest absolute Gasteiger partial charge is 0.328 e. The number of nitrogens with one attached hydrogen (secondary N) is 1. The fourth-order valence-electron chi connectivity index (χ4n) is 3.33. The molecule has 0 fully saturated rings. The van der Waals surface area contributed by atoms with E-state index in [0.717, 1.165) is 19.1 Å². The van der Waals surface area contributed by atoms with Gasteiger partial charge in [-0.3, -0.25) is 4.79 Å². The summed E-state index contributed by atoms with van der Waals surface area (Å²) in [6.07, 6.45) is -15.4. The molecule has 12 heteroatoms. The summed E-state index contributed by atoms with van der Waals surface area (Å²) < 4.78 is 119. The molecule has 2 heterocycles. The first kappa shape index (κ1) is 20.1. The second kappa shape index (κ2) is 5.92. The van der Waals surface area contributed by atoms with Crippen LogP contribution in [0, 0.1) is 6.92 Å². The van der Waals surface area contributed by atoms with E-state index in [2.05, 4.69) is 4.98 Å². The third-order valence-corrected chi connectivity index (χ3v) is 4.19. The van der Waals surface area contributed by atoms with Gasteiger partial charge in [0.05, 0.1) is 5.56 Å². The molecule has 0 spiro atoms. The molecule has 0 saturated heterocycles. The topological polar surface area (TPSA) is 37.8 Å². The molecular formula is C16H9F9N2O. The van der Waals surface area contributed by atoms with Gasteiger partial charge in [0, 0.05) is 27.9 Å². The Labute approximate surface area is 149 Å². The Balaban J connectivity index is 2.60. The number of aromatic nitrogens is 2. The van der Waals surface area contributed by atoms with E-state index in [1.54, 1.807) is 0 Å². The summed E-state index contributed by atoms with van der Waals surface area (Å²) in [6.45, 7) is -1.24. The molecule has 3 rings (SSSR count). The van der Waals surface area contributed by atoms with Crippen molar-refractivity contribution in [1.29, 1.82) is 0 Å². The summed E-state index contributed by atoms with van der Waals surface area (Å²) in [5, 5.41) is -1.45. The normalized spacial score (nSPS) is 13.6. The fourth-order valence-corrected chi connectivity index (χ4v) is 3.33. The summed E-state index contributed by atoms with van der Waals surface area (Å²) >= 11 is 0. The van der Waals surface area contributed by atoms with Gasteiger partial charge in [-0.15, -0.1) is 0 Å². The van der Waals surface area contributed by atoms with Crippen molar-refractivity contribution in [2.45, 2.75) is 32.0 Å². The number of benzene rings is 1. The lowest BCUT2D eigenvalue weighted by Crippen LogP contribution is -2.23. The van der Waals surface area contributed by atoms with E-state index >= 15 is 0 Å². The minimum absolute atomic E-state index is 0.102. The van der Waals surface area contributed by atoms with Crippen LogP contribution in [0.25, 0.3) is 21.8 Å². The Morgan fingerprint density at radius 2 is 1.54 bits per heavy atom. The van der Waals surface area contributed by atoms with Crippen LogP contribution in [0.2, 0.25) is 0 Å². The average molecular weight is 416 g/mol. The highest BCUT2D eigenvalue weighted by Gasteiger charge is 2.42. The number of pyridine rings is 1. The summed E-state index contributed by atoms with van der Waals surface area (Å²) in [5.74, 6) is 0. The van der Waals surface area contributed by atoms with Crippen molar-refractivity contribution < 1.29 is 39.5 Å². The van der Waals surface area contributed by atoms with E-state index in [4.69, 9.17) is 0 Å². The maximum Gasteiger partial charge on any atom is 0.431 e. The number of fused-ring (bicyclic) bond motifs is 3. The monoisotopic (exact) mass is 416 g/mol. The molecule has 1 N–H and O–H groups in total. The molecule has 0 unspecified atom stereocenters. The molecular weight excluding hydrogens is 407 g/mol. The van der Waals surface area contributed by atoms with E-state index in [0.29, 0.717) is 0 Å². The first-order valence-electron chi connectivity index (χ1n) is 7.51. The number of H-pyrrole nitrogens is 1. The van der Waals surface area contributed by atoms with Crippen molar-refractivity contribution in [2.75, 3.05) is 0 Å². The van der Waals surface area contributed by atoms with Crippen LogP contribution in [0.4, 0.5) is 39.5 Å². The molecule has 0 saturated carbocycles. The van der Waals surface area contributed by atoms with Crippen molar-refractivity contribution >= 4 is 21.8 Å². The lowest BCUT2D eigenvalue weighted by Gasteiger charge is -2.15. The third-order valence-electron chi connectivity index (χ3n) is 4.19. The maximum absolute atomic E-state index is 13.5. The number of halogens is 9. The molecule has 0 radical (unpaired) electrons. The molecule has 0 atom stereocenters. The van der Waals surface area contributed by atoms with Crippen LogP contribution >= 0.6 is 0 Å². The highest BCUT2D eigenvalue weighted by molar-refractivity contribution is 6.09. The van der Waals surface area contributed by atoms with Gasteiger partial charge in [-0.2, -0.15) is 39.5 Å². The highest BCUT2D eigenvalue weighted by atomic mass is 19.4. The molecule has 0 amide bonds. The third kappa shape index (κ3) is 3.31. The van der Waals surface area contributed by atoms with E-state index in [-0.39, 0.29) is 10.6 Å². The molecule has 0 aliphatic heterocycles. The van der Waals surface area contributed by atoms with Gasteiger partial charge >= 0.3 is 18.5 Å². The van der Waals surface area contributed by atoms with Gasteiger partial charge in [-0.1, -0.05) is 0 Å². The van der Waals surface area contributed by atoms with Crippen molar-refractivity contribution in [2.24, 2.45) is 0 Å². The molecule has 28 heavy (non-hydrogen) atoms.